The molecule has 2 aromatic heterocycles. The first-order chi connectivity index (χ1) is 10.4. The highest BCUT2D eigenvalue weighted by molar-refractivity contribution is 6.10. The summed E-state index contributed by atoms with van der Waals surface area (Å²) in [6, 6.07) is 7.75. The number of nitrogens with zero attached hydrogens (tertiary/aromatic N) is 2. The fraction of sp³-hybridized carbons (Fsp3) is 0.294. The molecule has 0 saturated heterocycles. The molecule has 0 aliphatic carbocycles. The van der Waals surface area contributed by atoms with Gasteiger partial charge in [-0.3, -0.25) is 4.98 Å². The zero-order chi connectivity index (χ0) is 15.7. The summed E-state index contributed by atoms with van der Waals surface area (Å²) in [7, 11) is 0. The first-order valence-corrected chi connectivity index (χ1v) is 7.40. The molecule has 1 aromatic carbocycles. The number of nitrogen functional groups attached to an aromatic ring is 1. The van der Waals surface area contributed by atoms with Gasteiger partial charge in [0.1, 0.15) is 5.82 Å². The van der Waals surface area contributed by atoms with Crippen LogP contribution in [0.15, 0.2) is 36.7 Å². The quantitative estimate of drug-likeness (QED) is 0.508. The van der Waals surface area contributed by atoms with Gasteiger partial charge in [0.05, 0.1) is 5.52 Å². The largest absolute Gasteiger partial charge is 0.399 e. The highest BCUT2D eigenvalue weighted by Gasteiger charge is 2.12. The lowest BCUT2D eigenvalue weighted by Crippen LogP contribution is -2.34. The predicted octanol–water partition coefficient (Wildman–Crippen LogP) is 2.90. The van der Waals surface area contributed by atoms with Crippen LogP contribution in [-0.2, 0) is 0 Å². The Kier molecular flexibility index (Phi) is 3.58. The minimum Gasteiger partial charge on any atom is -0.399 e. The lowest BCUT2D eigenvalue weighted by atomic mass is 10.0. The molecule has 0 saturated carbocycles. The third-order valence-corrected chi connectivity index (χ3v) is 3.68. The number of anilines is 2. The van der Waals surface area contributed by atoms with Crippen molar-refractivity contribution >= 4 is 33.2 Å². The molecule has 3 rings (SSSR count). The molecular formula is C17H21N5. The second-order valence-electron chi connectivity index (χ2n) is 6.32. The lowest BCUT2D eigenvalue weighted by molar-refractivity contribution is 0.490. The summed E-state index contributed by atoms with van der Waals surface area (Å²) in [6.45, 7) is 4.80. The first kappa shape index (κ1) is 14.5. The third kappa shape index (κ3) is 2.94. The molecule has 0 fully saturated rings. The average molecular weight is 295 g/mol. The van der Waals surface area contributed by atoms with Crippen molar-refractivity contribution in [2.45, 2.75) is 25.8 Å². The van der Waals surface area contributed by atoms with E-state index >= 15 is 0 Å². The topological polar surface area (TPSA) is 89.8 Å². The molecule has 5 heteroatoms. The summed E-state index contributed by atoms with van der Waals surface area (Å²) in [5.74, 6) is 0.847. The van der Waals surface area contributed by atoms with Gasteiger partial charge in [0.15, 0.2) is 0 Å². The summed E-state index contributed by atoms with van der Waals surface area (Å²) in [6.07, 6.45) is 4.51. The number of nitrogens with two attached hydrogens (primary N) is 2. The molecule has 114 valence electrons. The van der Waals surface area contributed by atoms with Gasteiger partial charge in [-0.2, -0.15) is 0 Å². The minimum atomic E-state index is -0.203. The molecule has 22 heavy (non-hydrogen) atoms. The van der Waals surface area contributed by atoms with E-state index in [1.807, 2.05) is 44.3 Å². The SMILES string of the molecule is CC(C)(N)CCNc1nc2cc(N)ccc2c2cnccc12. The van der Waals surface area contributed by atoms with Crippen LogP contribution in [-0.4, -0.2) is 22.1 Å². The van der Waals surface area contributed by atoms with Gasteiger partial charge in [0.25, 0.3) is 0 Å². The maximum absolute atomic E-state index is 6.04. The van der Waals surface area contributed by atoms with E-state index in [9.17, 15) is 0 Å². The number of hydrogen-bond donors (Lipinski definition) is 3. The minimum absolute atomic E-state index is 0.203. The first-order valence-electron chi connectivity index (χ1n) is 7.40. The molecule has 5 N–H and O–H groups in total. The number of benzene rings is 1. The van der Waals surface area contributed by atoms with Gasteiger partial charge in [-0.15, -0.1) is 0 Å². The summed E-state index contributed by atoms with van der Waals surface area (Å²) in [5.41, 5.74) is 13.3. The maximum atomic E-state index is 6.04. The van der Waals surface area contributed by atoms with E-state index in [0.29, 0.717) is 5.69 Å². The summed E-state index contributed by atoms with van der Waals surface area (Å²) in [5, 5.41) is 6.58. The van der Waals surface area contributed by atoms with E-state index in [1.165, 1.54) is 0 Å². The fourth-order valence-corrected chi connectivity index (χ4v) is 2.50. The van der Waals surface area contributed by atoms with Gasteiger partial charge in [-0.1, -0.05) is 6.07 Å². The fourth-order valence-electron chi connectivity index (χ4n) is 2.50. The third-order valence-electron chi connectivity index (χ3n) is 3.68. The van der Waals surface area contributed by atoms with Crippen LogP contribution in [0.5, 0.6) is 0 Å². The van der Waals surface area contributed by atoms with Gasteiger partial charge in [-0.25, -0.2) is 4.98 Å². The number of aromatic nitrogens is 2. The second-order valence-corrected chi connectivity index (χ2v) is 6.32. The number of fused-ring (bicyclic) bond motifs is 3. The smallest absolute Gasteiger partial charge is 0.134 e. The molecule has 0 radical (unpaired) electrons. The molecule has 5 nitrogen and oxygen atoms in total. The van der Waals surface area contributed by atoms with E-state index in [4.69, 9.17) is 16.5 Å². The van der Waals surface area contributed by atoms with Gasteiger partial charge >= 0.3 is 0 Å². The van der Waals surface area contributed by atoms with Gasteiger partial charge in [0, 0.05) is 46.3 Å². The summed E-state index contributed by atoms with van der Waals surface area (Å²) in [4.78, 5) is 8.96. The second kappa shape index (κ2) is 5.42. The zero-order valence-corrected chi connectivity index (χ0v) is 12.9. The van der Waals surface area contributed by atoms with Crippen LogP contribution in [0.2, 0.25) is 0 Å². The van der Waals surface area contributed by atoms with Gasteiger partial charge in [-0.05, 0) is 38.5 Å². The van der Waals surface area contributed by atoms with Gasteiger partial charge < -0.3 is 16.8 Å². The molecule has 0 aliphatic heterocycles. The number of hydrogen-bond acceptors (Lipinski definition) is 5. The average Bonchev–Trinajstić information content (AvgIpc) is 2.45. The molecule has 0 aliphatic rings. The number of pyridine rings is 2. The Morgan fingerprint density at radius 1 is 1.14 bits per heavy atom. The van der Waals surface area contributed by atoms with E-state index in [-0.39, 0.29) is 5.54 Å². The molecule has 0 spiro atoms. The molecule has 0 amide bonds. The highest BCUT2D eigenvalue weighted by atomic mass is 15.0. The van der Waals surface area contributed by atoms with E-state index in [2.05, 4.69) is 10.3 Å². The van der Waals surface area contributed by atoms with Crippen molar-refractivity contribution in [1.29, 1.82) is 0 Å². The maximum Gasteiger partial charge on any atom is 0.134 e. The van der Waals surface area contributed by atoms with E-state index in [1.54, 1.807) is 6.20 Å². The monoisotopic (exact) mass is 295 g/mol. The Hall–Kier alpha value is -2.40. The summed E-state index contributed by atoms with van der Waals surface area (Å²) < 4.78 is 0. The Balaban J connectivity index is 2.07. The Labute approximate surface area is 129 Å². The predicted molar refractivity (Wildman–Crippen MR) is 92.8 cm³/mol. The molecule has 3 aromatic rings. The number of nitrogens with one attached hydrogen (secondary N) is 1. The van der Waals surface area contributed by atoms with Crippen molar-refractivity contribution in [3.8, 4) is 0 Å². The van der Waals surface area contributed by atoms with Crippen molar-refractivity contribution in [1.82, 2.24) is 9.97 Å². The van der Waals surface area contributed by atoms with Crippen LogP contribution < -0.4 is 16.8 Å². The molecule has 0 bridgehead atoms. The lowest BCUT2D eigenvalue weighted by Gasteiger charge is -2.19. The summed E-state index contributed by atoms with van der Waals surface area (Å²) >= 11 is 0. The van der Waals surface area contributed by atoms with Crippen molar-refractivity contribution in [2.24, 2.45) is 5.73 Å². The van der Waals surface area contributed by atoms with Crippen LogP contribution in [0.1, 0.15) is 20.3 Å². The number of rotatable bonds is 4. The van der Waals surface area contributed by atoms with Gasteiger partial charge in [0.2, 0.25) is 0 Å². The van der Waals surface area contributed by atoms with Crippen LogP contribution >= 0.6 is 0 Å². The van der Waals surface area contributed by atoms with Crippen molar-refractivity contribution in [3.05, 3.63) is 36.7 Å². The van der Waals surface area contributed by atoms with Crippen LogP contribution in [0.25, 0.3) is 21.7 Å². The zero-order valence-electron chi connectivity index (χ0n) is 12.9. The standard InChI is InChI=1S/C17H21N5/c1-17(2,19)6-8-21-16-13-5-7-20-10-14(13)12-4-3-11(18)9-15(12)22-16/h3-5,7,9-10H,6,8,18-19H2,1-2H3,(H,21,22). The van der Waals surface area contributed by atoms with E-state index in [0.717, 1.165) is 40.5 Å². The molecule has 0 unspecified atom stereocenters. The molecule has 2 heterocycles. The van der Waals surface area contributed by atoms with Crippen molar-refractivity contribution < 1.29 is 0 Å². The molecule has 0 atom stereocenters. The normalized spacial score (nSPS) is 12.0. The Bertz CT molecular complexity index is 820. The van der Waals surface area contributed by atoms with E-state index < -0.39 is 0 Å². The van der Waals surface area contributed by atoms with Crippen LogP contribution in [0.3, 0.4) is 0 Å². The Morgan fingerprint density at radius 2 is 1.95 bits per heavy atom. The molecular weight excluding hydrogens is 274 g/mol. The van der Waals surface area contributed by atoms with Crippen LogP contribution in [0.4, 0.5) is 11.5 Å². The van der Waals surface area contributed by atoms with Crippen molar-refractivity contribution in [3.63, 3.8) is 0 Å². The highest BCUT2D eigenvalue weighted by Crippen LogP contribution is 2.29. The van der Waals surface area contributed by atoms with Crippen molar-refractivity contribution in [2.75, 3.05) is 17.6 Å². The Morgan fingerprint density at radius 3 is 2.73 bits per heavy atom. The van der Waals surface area contributed by atoms with Crippen LogP contribution in [0, 0.1) is 0 Å².